The predicted octanol–water partition coefficient (Wildman–Crippen LogP) is 3.03. The van der Waals surface area contributed by atoms with Crippen molar-refractivity contribution in [2.75, 3.05) is 12.0 Å². The van der Waals surface area contributed by atoms with Gasteiger partial charge in [0.2, 0.25) is 0 Å². The van der Waals surface area contributed by atoms with Crippen molar-refractivity contribution in [2.45, 2.75) is 27.2 Å². The van der Waals surface area contributed by atoms with Gasteiger partial charge >= 0.3 is 0 Å². The summed E-state index contributed by atoms with van der Waals surface area (Å²) < 4.78 is 0. The molecule has 0 aliphatic rings. The van der Waals surface area contributed by atoms with Crippen LogP contribution in [0.2, 0.25) is 0 Å². The van der Waals surface area contributed by atoms with E-state index in [1.165, 1.54) is 12.2 Å². The summed E-state index contributed by atoms with van der Waals surface area (Å²) in [4.78, 5) is 0. The minimum absolute atomic E-state index is 0.858. The first-order valence-corrected chi connectivity index (χ1v) is 5.06. The van der Waals surface area contributed by atoms with Crippen molar-refractivity contribution in [2.24, 2.45) is 11.8 Å². The maximum atomic E-state index is 2.33. The molecule has 0 amide bonds. The molecule has 1 heteroatoms. The molecular formula is C8H18S. The largest absolute Gasteiger partial charge is 0.165 e. The van der Waals surface area contributed by atoms with E-state index in [0.29, 0.717) is 0 Å². The molecule has 56 valence electrons. The van der Waals surface area contributed by atoms with E-state index in [1.54, 1.807) is 0 Å². The maximum absolute atomic E-state index is 2.33. The van der Waals surface area contributed by atoms with Crippen LogP contribution in [0.1, 0.15) is 27.2 Å². The molecule has 0 aromatic heterocycles. The van der Waals surface area contributed by atoms with E-state index < -0.39 is 0 Å². The van der Waals surface area contributed by atoms with Crippen LogP contribution in [0, 0.1) is 11.8 Å². The van der Waals surface area contributed by atoms with Gasteiger partial charge < -0.3 is 0 Å². The molecule has 0 aromatic rings. The molecule has 1 atom stereocenters. The van der Waals surface area contributed by atoms with E-state index in [1.807, 2.05) is 11.8 Å². The summed E-state index contributed by atoms with van der Waals surface area (Å²) in [7, 11) is 0. The number of thioether (sulfide) groups is 1. The summed E-state index contributed by atoms with van der Waals surface area (Å²) in [6.07, 6.45) is 3.55. The zero-order chi connectivity index (χ0) is 7.28. The molecule has 0 N–H and O–H groups in total. The normalized spacial score (nSPS) is 14.3. The predicted molar refractivity (Wildman–Crippen MR) is 47.0 cm³/mol. The average molecular weight is 146 g/mol. The van der Waals surface area contributed by atoms with Crippen molar-refractivity contribution < 1.29 is 0 Å². The molecule has 1 unspecified atom stereocenters. The van der Waals surface area contributed by atoms with Crippen LogP contribution in [-0.4, -0.2) is 12.0 Å². The zero-order valence-corrected chi connectivity index (χ0v) is 7.79. The van der Waals surface area contributed by atoms with E-state index in [0.717, 1.165) is 11.8 Å². The van der Waals surface area contributed by atoms with E-state index >= 15 is 0 Å². The second-order valence-electron chi connectivity index (χ2n) is 3.00. The fourth-order valence-corrected chi connectivity index (χ4v) is 1.24. The van der Waals surface area contributed by atoms with Gasteiger partial charge in [0.05, 0.1) is 0 Å². The van der Waals surface area contributed by atoms with Gasteiger partial charge in [0, 0.05) is 0 Å². The quantitative estimate of drug-likeness (QED) is 0.587. The molecule has 0 fully saturated rings. The summed E-state index contributed by atoms with van der Waals surface area (Å²) >= 11 is 1.95. The number of rotatable bonds is 4. The van der Waals surface area contributed by atoms with Crippen LogP contribution in [0.25, 0.3) is 0 Å². The summed E-state index contributed by atoms with van der Waals surface area (Å²) in [6.45, 7) is 6.93. The Morgan fingerprint density at radius 1 is 1.22 bits per heavy atom. The smallest absolute Gasteiger partial charge is 0.00677 e. The highest BCUT2D eigenvalue weighted by atomic mass is 32.2. The first-order valence-electron chi connectivity index (χ1n) is 3.67. The molecule has 0 aromatic carbocycles. The highest BCUT2D eigenvalue weighted by Gasteiger charge is 2.04. The minimum atomic E-state index is 0.858. The molecule has 0 heterocycles. The Balaban J connectivity index is 3.16. The summed E-state index contributed by atoms with van der Waals surface area (Å²) in [6, 6.07) is 0. The molecule has 0 aliphatic heterocycles. The molecule has 0 rings (SSSR count). The van der Waals surface area contributed by atoms with E-state index in [9.17, 15) is 0 Å². The van der Waals surface area contributed by atoms with Gasteiger partial charge in [-0.25, -0.2) is 0 Å². The van der Waals surface area contributed by atoms with Crippen molar-refractivity contribution >= 4 is 11.8 Å². The highest BCUT2D eigenvalue weighted by Crippen LogP contribution is 2.15. The van der Waals surface area contributed by atoms with E-state index in [-0.39, 0.29) is 0 Å². The molecule has 0 nitrogen and oxygen atoms in total. The lowest BCUT2D eigenvalue weighted by atomic mass is 9.96. The molecule has 9 heavy (non-hydrogen) atoms. The first kappa shape index (κ1) is 9.35. The van der Waals surface area contributed by atoms with Gasteiger partial charge in [0.25, 0.3) is 0 Å². The van der Waals surface area contributed by atoms with Crippen molar-refractivity contribution in [3.8, 4) is 0 Å². The van der Waals surface area contributed by atoms with E-state index in [2.05, 4.69) is 27.0 Å². The Hall–Kier alpha value is 0.350. The Morgan fingerprint density at radius 2 is 1.78 bits per heavy atom. The molecule has 0 bridgehead atoms. The summed E-state index contributed by atoms with van der Waals surface area (Å²) in [5, 5.41) is 0. The van der Waals surface area contributed by atoms with Gasteiger partial charge in [-0.15, -0.1) is 0 Å². The molecule has 0 aliphatic carbocycles. The summed E-state index contributed by atoms with van der Waals surface area (Å²) in [5.41, 5.74) is 0. The Morgan fingerprint density at radius 3 is 2.11 bits per heavy atom. The standard InChI is InChI=1S/C8H18S/c1-7(2)8(3)5-6-9-4/h7-8H,5-6H2,1-4H3. The third-order valence-corrected chi connectivity index (χ3v) is 2.56. The topological polar surface area (TPSA) is 0 Å². The Kier molecular flexibility index (Phi) is 5.36. The van der Waals surface area contributed by atoms with Crippen molar-refractivity contribution in [1.29, 1.82) is 0 Å². The SMILES string of the molecule is CSCCC(C)C(C)C. The van der Waals surface area contributed by atoms with Crippen LogP contribution >= 0.6 is 11.8 Å². The Labute approximate surface area is 63.4 Å². The molecule has 0 radical (unpaired) electrons. The molecule has 0 saturated heterocycles. The average Bonchev–Trinajstić information content (AvgIpc) is 1.82. The lowest BCUT2D eigenvalue weighted by Crippen LogP contribution is -2.04. The van der Waals surface area contributed by atoms with Crippen LogP contribution in [0.5, 0.6) is 0 Å². The minimum Gasteiger partial charge on any atom is -0.165 e. The van der Waals surface area contributed by atoms with Crippen LogP contribution < -0.4 is 0 Å². The van der Waals surface area contributed by atoms with Gasteiger partial charge in [0.15, 0.2) is 0 Å². The van der Waals surface area contributed by atoms with Crippen LogP contribution in [0.4, 0.5) is 0 Å². The lowest BCUT2D eigenvalue weighted by molar-refractivity contribution is 0.410. The number of hydrogen-bond donors (Lipinski definition) is 0. The summed E-state index contributed by atoms with van der Waals surface area (Å²) in [5.74, 6) is 3.08. The van der Waals surface area contributed by atoms with Crippen molar-refractivity contribution in [1.82, 2.24) is 0 Å². The van der Waals surface area contributed by atoms with Crippen molar-refractivity contribution in [3.05, 3.63) is 0 Å². The fraction of sp³-hybridized carbons (Fsp3) is 1.00. The third-order valence-electron chi connectivity index (χ3n) is 1.92. The van der Waals surface area contributed by atoms with Crippen molar-refractivity contribution in [3.63, 3.8) is 0 Å². The van der Waals surface area contributed by atoms with Gasteiger partial charge in [-0.2, -0.15) is 11.8 Å². The van der Waals surface area contributed by atoms with Crippen LogP contribution in [-0.2, 0) is 0 Å². The maximum Gasteiger partial charge on any atom is -0.00677 e. The second kappa shape index (κ2) is 5.16. The molecule has 0 saturated carbocycles. The van der Waals surface area contributed by atoms with Gasteiger partial charge in [-0.1, -0.05) is 20.8 Å². The van der Waals surface area contributed by atoms with Gasteiger partial charge in [0.1, 0.15) is 0 Å². The van der Waals surface area contributed by atoms with Crippen LogP contribution in [0.15, 0.2) is 0 Å². The first-order chi connectivity index (χ1) is 4.18. The second-order valence-corrected chi connectivity index (χ2v) is 3.99. The zero-order valence-electron chi connectivity index (χ0n) is 6.98. The lowest BCUT2D eigenvalue weighted by Gasteiger charge is -2.13. The third kappa shape index (κ3) is 4.83. The fourth-order valence-electron chi connectivity index (χ4n) is 0.637. The highest BCUT2D eigenvalue weighted by molar-refractivity contribution is 7.98. The molecule has 0 spiro atoms. The number of hydrogen-bond acceptors (Lipinski definition) is 1. The Bertz CT molecular complexity index is 59.6. The van der Waals surface area contributed by atoms with Gasteiger partial charge in [-0.3, -0.25) is 0 Å². The molecular weight excluding hydrogens is 128 g/mol. The van der Waals surface area contributed by atoms with Crippen LogP contribution in [0.3, 0.4) is 0 Å². The van der Waals surface area contributed by atoms with Gasteiger partial charge in [-0.05, 0) is 30.3 Å². The van der Waals surface area contributed by atoms with E-state index in [4.69, 9.17) is 0 Å². The monoisotopic (exact) mass is 146 g/mol.